The van der Waals surface area contributed by atoms with E-state index in [-0.39, 0.29) is 5.91 Å². The van der Waals surface area contributed by atoms with E-state index >= 15 is 0 Å². The highest BCUT2D eigenvalue weighted by Crippen LogP contribution is 2.28. The Morgan fingerprint density at radius 3 is 2.39 bits per heavy atom. The second kappa shape index (κ2) is 7.56. The maximum absolute atomic E-state index is 11.4. The molecule has 2 aromatic carbocycles. The van der Waals surface area contributed by atoms with Crippen LogP contribution >= 0.6 is 0 Å². The summed E-state index contributed by atoms with van der Waals surface area (Å²) in [6.45, 7) is 1.48. The van der Waals surface area contributed by atoms with Crippen molar-refractivity contribution in [1.82, 2.24) is 0 Å². The number of benzene rings is 2. The van der Waals surface area contributed by atoms with Crippen LogP contribution in [0.1, 0.15) is 12.5 Å². The van der Waals surface area contributed by atoms with Crippen LogP contribution in [0, 0.1) is 0 Å². The number of esters is 1. The van der Waals surface area contributed by atoms with Crippen LogP contribution in [-0.2, 0) is 20.7 Å². The first-order chi connectivity index (χ1) is 11.0. The van der Waals surface area contributed by atoms with Gasteiger partial charge < -0.3 is 15.8 Å². The monoisotopic (exact) mass is 312 g/mol. The maximum Gasteiger partial charge on any atom is 0.322 e. The summed E-state index contributed by atoms with van der Waals surface area (Å²) in [4.78, 5) is 22.7. The number of nitrogens with two attached hydrogens (primary N) is 1. The zero-order valence-electron chi connectivity index (χ0n) is 13.2. The summed E-state index contributed by atoms with van der Waals surface area (Å²) in [7, 11) is 1.32. The van der Waals surface area contributed by atoms with E-state index in [4.69, 9.17) is 5.73 Å². The fourth-order valence-electron chi connectivity index (χ4n) is 2.34. The Kier molecular flexibility index (Phi) is 5.49. The van der Waals surface area contributed by atoms with Gasteiger partial charge in [0.1, 0.15) is 6.04 Å². The van der Waals surface area contributed by atoms with Gasteiger partial charge in [-0.2, -0.15) is 0 Å². The summed E-state index contributed by atoms with van der Waals surface area (Å²) in [6.07, 6.45) is 0.417. The molecule has 0 saturated heterocycles. The Morgan fingerprint density at radius 2 is 1.78 bits per heavy atom. The molecule has 0 aliphatic heterocycles. The standard InChI is InChI=1S/C18H20N2O3/c1-12(21)20-17-6-4-3-5-15(17)14-9-7-13(8-10-14)11-16(19)18(22)23-2/h3-10,16H,11,19H2,1-2H3,(H,20,21)/t16-/m0/s1. The zero-order chi connectivity index (χ0) is 16.8. The summed E-state index contributed by atoms with van der Waals surface area (Å²) in [5, 5.41) is 2.82. The quantitative estimate of drug-likeness (QED) is 0.830. The lowest BCUT2D eigenvalue weighted by atomic mass is 9.99. The third-order valence-corrected chi connectivity index (χ3v) is 3.46. The van der Waals surface area contributed by atoms with E-state index in [9.17, 15) is 9.59 Å². The van der Waals surface area contributed by atoms with Crippen LogP contribution in [0.3, 0.4) is 0 Å². The van der Waals surface area contributed by atoms with Crippen LogP contribution in [0.4, 0.5) is 5.69 Å². The van der Waals surface area contributed by atoms with E-state index in [0.717, 1.165) is 22.4 Å². The third-order valence-electron chi connectivity index (χ3n) is 3.46. The van der Waals surface area contributed by atoms with E-state index in [1.165, 1.54) is 14.0 Å². The summed E-state index contributed by atoms with van der Waals surface area (Å²) < 4.78 is 4.63. The molecule has 5 nitrogen and oxygen atoms in total. The molecule has 0 unspecified atom stereocenters. The molecule has 0 bridgehead atoms. The second-order valence-electron chi connectivity index (χ2n) is 5.26. The van der Waals surface area contributed by atoms with Crippen molar-refractivity contribution >= 4 is 17.6 Å². The van der Waals surface area contributed by atoms with E-state index in [0.29, 0.717) is 6.42 Å². The number of amides is 1. The fraction of sp³-hybridized carbons (Fsp3) is 0.222. The molecule has 2 rings (SSSR count). The Labute approximate surface area is 135 Å². The Morgan fingerprint density at radius 1 is 1.13 bits per heavy atom. The molecule has 0 aliphatic carbocycles. The van der Waals surface area contributed by atoms with E-state index in [2.05, 4.69) is 10.1 Å². The first-order valence-corrected chi connectivity index (χ1v) is 7.30. The molecule has 0 aliphatic rings. The molecule has 0 saturated carbocycles. The molecule has 0 radical (unpaired) electrons. The summed E-state index contributed by atoms with van der Waals surface area (Å²) in [5.41, 5.74) is 9.39. The van der Waals surface area contributed by atoms with Gasteiger partial charge in [-0.1, -0.05) is 42.5 Å². The van der Waals surface area contributed by atoms with Gasteiger partial charge in [0.15, 0.2) is 0 Å². The average molecular weight is 312 g/mol. The van der Waals surface area contributed by atoms with Crippen LogP contribution in [0.5, 0.6) is 0 Å². The van der Waals surface area contributed by atoms with E-state index in [1.54, 1.807) is 0 Å². The van der Waals surface area contributed by atoms with Crippen molar-refractivity contribution in [2.75, 3.05) is 12.4 Å². The topological polar surface area (TPSA) is 81.4 Å². The molecular formula is C18H20N2O3. The van der Waals surface area contributed by atoms with Crippen molar-refractivity contribution in [2.24, 2.45) is 5.73 Å². The van der Waals surface area contributed by atoms with Crippen LogP contribution < -0.4 is 11.1 Å². The lowest BCUT2D eigenvalue weighted by Gasteiger charge is -2.12. The van der Waals surface area contributed by atoms with Crippen molar-refractivity contribution in [2.45, 2.75) is 19.4 Å². The van der Waals surface area contributed by atoms with Gasteiger partial charge in [0.25, 0.3) is 0 Å². The van der Waals surface area contributed by atoms with Gasteiger partial charge in [-0.25, -0.2) is 0 Å². The number of hydrogen-bond acceptors (Lipinski definition) is 4. The van der Waals surface area contributed by atoms with Crippen molar-refractivity contribution in [1.29, 1.82) is 0 Å². The van der Waals surface area contributed by atoms with Gasteiger partial charge in [0.05, 0.1) is 7.11 Å². The molecule has 3 N–H and O–H groups in total. The second-order valence-corrected chi connectivity index (χ2v) is 5.26. The number of nitrogens with one attached hydrogen (secondary N) is 1. The molecule has 1 amide bonds. The Hall–Kier alpha value is -2.66. The third kappa shape index (κ3) is 4.40. The molecule has 0 heterocycles. The number of carbonyl (C=O) groups excluding carboxylic acids is 2. The molecule has 1 atom stereocenters. The number of rotatable bonds is 5. The fourth-order valence-corrected chi connectivity index (χ4v) is 2.34. The van der Waals surface area contributed by atoms with Crippen LogP contribution in [0.15, 0.2) is 48.5 Å². The normalized spacial score (nSPS) is 11.6. The average Bonchev–Trinajstić information content (AvgIpc) is 2.55. The summed E-state index contributed by atoms with van der Waals surface area (Å²) in [6, 6.07) is 14.7. The summed E-state index contributed by atoms with van der Waals surface area (Å²) in [5.74, 6) is -0.539. The number of anilines is 1. The predicted molar refractivity (Wildman–Crippen MR) is 89.9 cm³/mol. The van der Waals surface area contributed by atoms with Crippen molar-refractivity contribution in [3.05, 3.63) is 54.1 Å². The minimum Gasteiger partial charge on any atom is -0.468 e. The molecule has 0 aromatic heterocycles. The molecule has 0 spiro atoms. The molecular weight excluding hydrogens is 292 g/mol. The number of methoxy groups -OCH3 is 1. The predicted octanol–water partition coefficient (Wildman–Crippen LogP) is 2.35. The van der Waals surface area contributed by atoms with Crippen molar-refractivity contribution in [3.8, 4) is 11.1 Å². The number of para-hydroxylation sites is 1. The van der Waals surface area contributed by atoms with Gasteiger partial charge in [0.2, 0.25) is 5.91 Å². The van der Waals surface area contributed by atoms with Gasteiger partial charge in [-0.15, -0.1) is 0 Å². The molecule has 0 fully saturated rings. The van der Waals surface area contributed by atoms with Crippen LogP contribution in [0.25, 0.3) is 11.1 Å². The Bertz CT molecular complexity index is 696. The minimum absolute atomic E-state index is 0.113. The molecule has 23 heavy (non-hydrogen) atoms. The van der Waals surface area contributed by atoms with Crippen molar-refractivity contribution < 1.29 is 14.3 Å². The summed E-state index contributed by atoms with van der Waals surface area (Å²) >= 11 is 0. The lowest BCUT2D eigenvalue weighted by Crippen LogP contribution is -2.33. The molecule has 5 heteroatoms. The smallest absolute Gasteiger partial charge is 0.322 e. The maximum atomic E-state index is 11.4. The van der Waals surface area contributed by atoms with E-state index < -0.39 is 12.0 Å². The van der Waals surface area contributed by atoms with Crippen LogP contribution in [0.2, 0.25) is 0 Å². The highest BCUT2D eigenvalue weighted by atomic mass is 16.5. The highest BCUT2D eigenvalue weighted by Gasteiger charge is 2.14. The van der Waals surface area contributed by atoms with Crippen LogP contribution in [-0.4, -0.2) is 25.0 Å². The highest BCUT2D eigenvalue weighted by molar-refractivity contribution is 5.94. The number of ether oxygens (including phenoxy) is 1. The minimum atomic E-state index is -0.669. The van der Waals surface area contributed by atoms with Gasteiger partial charge in [0, 0.05) is 18.2 Å². The Balaban J connectivity index is 2.20. The largest absolute Gasteiger partial charge is 0.468 e. The SMILES string of the molecule is COC(=O)[C@@H](N)Cc1ccc(-c2ccccc2NC(C)=O)cc1. The first kappa shape index (κ1) is 16.7. The van der Waals surface area contributed by atoms with Gasteiger partial charge >= 0.3 is 5.97 Å². The van der Waals surface area contributed by atoms with Gasteiger partial charge in [-0.3, -0.25) is 9.59 Å². The van der Waals surface area contributed by atoms with E-state index in [1.807, 2.05) is 48.5 Å². The molecule has 2 aromatic rings. The first-order valence-electron chi connectivity index (χ1n) is 7.30. The van der Waals surface area contributed by atoms with Crippen molar-refractivity contribution in [3.63, 3.8) is 0 Å². The number of carbonyl (C=O) groups is 2. The zero-order valence-corrected chi connectivity index (χ0v) is 13.2. The number of hydrogen-bond donors (Lipinski definition) is 2. The molecule has 120 valence electrons. The lowest BCUT2D eigenvalue weighted by molar-refractivity contribution is -0.142. The van der Waals surface area contributed by atoms with Gasteiger partial charge in [-0.05, 0) is 23.6 Å².